The second-order valence-corrected chi connectivity index (χ2v) is 6.07. The number of aromatic nitrogens is 6. The lowest BCUT2D eigenvalue weighted by molar-refractivity contribution is -0.132. The van der Waals surface area contributed by atoms with Gasteiger partial charge in [0.05, 0.1) is 0 Å². The van der Waals surface area contributed by atoms with E-state index in [1.807, 2.05) is 4.90 Å². The molecule has 4 rings (SSSR count). The van der Waals surface area contributed by atoms with Gasteiger partial charge in [-0.15, -0.1) is 10.2 Å². The van der Waals surface area contributed by atoms with Gasteiger partial charge in [-0.3, -0.25) is 4.79 Å². The smallest absolute Gasteiger partial charge is 0.246 e. The third kappa shape index (κ3) is 3.89. The van der Waals surface area contributed by atoms with Crippen molar-refractivity contribution in [1.82, 2.24) is 35.1 Å². The van der Waals surface area contributed by atoms with Crippen molar-refractivity contribution in [2.45, 2.75) is 6.54 Å². The highest BCUT2D eigenvalue weighted by Crippen LogP contribution is 2.14. The van der Waals surface area contributed by atoms with Crippen LogP contribution in [0.4, 0.5) is 10.3 Å². The van der Waals surface area contributed by atoms with Gasteiger partial charge in [0, 0.05) is 44.1 Å². The summed E-state index contributed by atoms with van der Waals surface area (Å²) in [7, 11) is 0. The Balaban J connectivity index is 1.34. The molecule has 1 saturated heterocycles. The maximum absolute atomic E-state index is 13.0. The number of hydrogen-bond donors (Lipinski definition) is 0. The highest BCUT2D eigenvalue weighted by atomic mass is 19.1. The average Bonchev–Trinajstić information content (AvgIpc) is 3.18. The number of piperazine rings is 1. The quantitative estimate of drug-likeness (QED) is 0.666. The first-order chi connectivity index (χ1) is 13.2. The zero-order chi connectivity index (χ0) is 18.6. The van der Waals surface area contributed by atoms with Gasteiger partial charge in [0.2, 0.25) is 17.7 Å². The Morgan fingerprint density at radius 3 is 2.44 bits per heavy atom. The van der Waals surface area contributed by atoms with E-state index in [1.54, 1.807) is 35.5 Å². The molecule has 0 aliphatic carbocycles. The Morgan fingerprint density at radius 2 is 1.74 bits per heavy atom. The van der Waals surface area contributed by atoms with Crippen molar-refractivity contribution in [3.63, 3.8) is 0 Å². The van der Waals surface area contributed by atoms with E-state index in [2.05, 4.69) is 25.4 Å². The van der Waals surface area contributed by atoms with Crippen LogP contribution < -0.4 is 4.90 Å². The fraction of sp³-hybridized carbons (Fsp3) is 0.294. The maximum atomic E-state index is 13.0. The van der Waals surface area contributed by atoms with Crippen molar-refractivity contribution < 1.29 is 9.18 Å². The molecule has 0 spiro atoms. The van der Waals surface area contributed by atoms with Crippen LogP contribution in [0.25, 0.3) is 11.4 Å². The minimum atomic E-state index is -0.332. The second kappa shape index (κ2) is 7.44. The lowest BCUT2D eigenvalue weighted by Gasteiger charge is -2.34. The lowest BCUT2D eigenvalue weighted by atomic mass is 10.2. The minimum absolute atomic E-state index is 0.00995. The van der Waals surface area contributed by atoms with Crippen LogP contribution >= 0.6 is 0 Å². The molecule has 1 amide bonds. The Labute approximate surface area is 154 Å². The maximum Gasteiger partial charge on any atom is 0.246 e. The van der Waals surface area contributed by atoms with Crippen LogP contribution in [-0.4, -0.2) is 67.2 Å². The first-order valence-electron chi connectivity index (χ1n) is 8.52. The molecule has 1 aliphatic rings. The monoisotopic (exact) mass is 368 g/mol. The molecule has 0 saturated carbocycles. The van der Waals surface area contributed by atoms with E-state index in [9.17, 15) is 9.18 Å². The Bertz CT molecular complexity index is 906. The summed E-state index contributed by atoms with van der Waals surface area (Å²) in [6.45, 7) is 2.51. The van der Waals surface area contributed by atoms with Crippen molar-refractivity contribution in [2.24, 2.45) is 0 Å². The van der Waals surface area contributed by atoms with Crippen molar-refractivity contribution in [2.75, 3.05) is 31.1 Å². The van der Waals surface area contributed by atoms with E-state index in [-0.39, 0.29) is 18.3 Å². The van der Waals surface area contributed by atoms with Crippen molar-refractivity contribution in [1.29, 1.82) is 0 Å². The zero-order valence-electron chi connectivity index (χ0n) is 14.4. The van der Waals surface area contributed by atoms with Crippen LogP contribution in [0.1, 0.15) is 0 Å². The molecule has 1 aromatic carbocycles. The Kier molecular flexibility index (Phi) is 4.69. The standard InChI is InChI=1S/C17H17FN8O/c18-14-4-2-13(3-5-14)16-21-23-26(22-16)12-15(27)24-8-10-25(11-9-24)17-19-6-1-7-20-17/h1-7H,8-12H2. The van der Waals surface area contributed by atoms with Crippen LogP contribution in [0.3, 0.4) is 0 Å². The number of carbonyl (C=O) groups excluding carboxylic acids is 1. The molecule has 0 bridgehead atoms. The number of rotatable bonds is 4. The Hall–Kier alpha value is -3.43. The van der Waals surface area contributed by atoms with Gasteiger partial charge in [-0.25, -0.2) is 14.4 Å². The van der Waals surface area contributed by atoms with Crippen molar-refractivity contribution >= 4 is 11.9 Å². The average molecular weight is 368 g/mol. The predicted octanol–water partition coefficient (Wildman–Crippen LogP) is 0.618. The van der Waals surface area contributed by atoms with E-state index in [4.69, 9.17) is 0 Å². The topological polar surface area (TPSA) is 92.9 Å². The second-order valence-electron chi connectivity index (χ2n) is 6.07. The van der Waals surface area contributed by atoms with Crippen molar-refractivity contribution in [3.8, 4) is 11.4 Å². The van der Waals surface area contributed by atoms with Gasteiger partial charge in [-0.2, -0.15) is 4.80 Å². The van der Waals surface area contributed by atoms with Gasteiger partial charge in [0.1, 0.15) is 12.4 Å². The summed E-state index contributed by atoms with van der Waals surface area (Å²) < 4.78 is 13.0. The third-order valence-electron chi connectivity index (χ3n) is 4.30. The summed E-state index contributed by atoms with van der Waals surface area (Å²) in [5, 5.41) is 12.0. The molecule has 1 aliphatic heterocycles. The molecule has 0 N–H and O–H groups in total. The summed E-state index contributed by atoms with van der Waals surface area (Å²) in [6.07, 6.45) is 3.41. The normalized spacial score (nSPS) is 14.4. The van der Waals surface area contributed by atoms with Gasteiger partial charge >= 0.3 is 0 Å². The largest absolute Gasteiger partial charge is 0.337 e. The molecule has 0 unspecified atom stereocenters. The molecule has 3 aromatic rings. The number of carbonyl (C=O) groups is 1. The number of anilines is 1. The molecule has 10 heteroatoms. The first kappa shape index (κ1) is 17.0. The fourth-order valence-corrected chi connectivity index (χ4v) is 2.86. The van der Waals surface area contributed by atoms with E-state index >= 15 is 0 Å². The predicted molar refractivity (Wildman–Crippen MR) is 94.0 cm³/mol. The highest BCUT2D eigenvalue weighted by Gasteiger charge is 2.23. The van der Waals surface area contributed by atoms with Crippen LogP contribution in [0.5, 0.6) is 0 Å². The van der Waals surface area contributed by atoms with E-state index in [1.165, 1.54) is 16.9 Å². The fourth-order valence-electron chi connectivity index (χ4n) is 2.86. The molecule has 2 aromatic heterocycles. The van der Waals surface area contributed by atoms with E-state index in [0.29, 0.717) is 43.5 Å². The molecule has 0 radical (unpaired) electrons. The van der Waals surface area contributed by atoms with Gasteiger partial charge in [-0.05, 0) is 35.5 Å². The first-order valence-corrected chi connectivity index (χ1v) is 8.52. The van der Waals surface area contributed by atoms with Crippen LogP contribution in [0, 0.1) is 5.82 Å². The number of tetrazole rings is 1. The molecule has 3 heterocycles. The minimum Gasteiger partial charge on any atom is -0.337 e. The summed E-state index contributed by atoms with van der Waals surface area (Å²) in [5.74, 6) is 0.619. The van der Waals surface area contributed by atoms with Gasteiger partial charge in [0.25, 0.3) is 0 Å². The molecule has 0 atom stereocenters. The molecule has 138 valence electrons. The van der Waals surface area contributed by atoms with E-state index in [0.717, 1.165) is 0 Å². The third-order valence-corrected chi connectivity index (χ3v) is 4.30. The van der Waals surface area contributed by atoms with Crippen LogP contribution in [0.2, 0.25) is 0 Å². The van der Waals surface area contributed by atoms with Gasteiger partial charge < -0.3 is 9.80 Å². The van der Waals surface area contributed by atoms with E-state index < -0.39 is 0 Å². The molecule has 1 fully saturated rings. The SMILES string of the molecule is O=C(Cn1nnc(-c2ccc(F)cc2)n1)N1CCN(c2ncccn2)CC1. The van der Waals surface area contributed by atoms with Crippen LogP contribution in [-0.2, 0) is 11.3 Å². The number of benzene rings is 1. The summed E-state index contributed by atoms with van der Waals surface area (Å²) in [4.78, 5) is 26.0. The number of nitrogens with zero attached hydrogens (tertiary/aromatic N) is 8. The van der Waals surface area contributed by atoms with Crippen molar-refractivity contribution in [3.05, 3.63) is 48.5 Å². The number of hydrogen-bond acceptors (Lipinski definition) is 7. The lowest BCUT2D eigenvalue weighted by Crippen LogP contribution is -2.50. The Morgan fingerprint density at radius 1 is 1.04 bits per heavy atom. The molecule has 9 nitrogen and oxygen atoms in total. The zero-order valence-corrected chi connectivity index (χ0v) is 14.4. The molecule has 27 heavy (non-hydrogen) atoms. The molecular weight excluding hydrogens is 351 g/mol. The highest BCUT2D eigenvalue weighted by molar-refractivity contribution is 5.76. The van der Waals surface area contributed by atoms with Gasteiger partial charge in [-0.1, -0.05) is 0 Å². The molecular formula is C17H17FN8O. The number of amides is 1. The summed E-state index contributed by atoms with van der Waals surface area (Å²) in [5.41, 5.74) is 0.645. The van der Waals surface area contributed by atoms with Gasteiger partial charge in [0.15, 0.2) is 0 Å². The number of halogens is 1. The summed E-state index contributed by atoms with van der Waals surface area (Å²) in [6, 6.07) is 7.58. The summed E-state index contributed by atoms with van der Waals surface area (Å²) >= 11 is 0. The van der Waals surface area contributed by atoms with Crippen LogP contribution in [0.15, 0.2) is 42.7 Å².